The van der Waals surface area contributed by atoms with Crippen molar-refractivity contribution in [3.8, 4) is 22.3 Å². The van der Waals surface area contributed by atoms with Crippen LogP contribution >= 0.6 is 11.6 Å². The summed E-state index contributed by atoms with van der Waals surface area (Å²) in [7, 11) is 0. The van der Waals surface area contributed by atoms with Gasteiger partial charge < -0.3 is 0 Å². The molecule has 0 saturated heterocycles. The molecule has 0 saturated carbocycles. The van der Waals surface area contributed by atoms with Gasteiger partial charge >= 0.3 is 0 Å². The van der Waals surface area contributed by atoms with Crippen molar-refractivity contribution in [3.63, 3.8) is 0 Å². The molecule has 140 valence electrons. The Morgan fingerprint density at radius 1 is 1.00 bits per heavy atom. The van der Waals surface area contributed by atoms with E-state index in [1.54, 1.807) is 17.0 Å². The first-order valence-corrected chi connectivity index (χ1v) is 9.46. The summed E-state index contributed by atoms with van der Waals surface area (Å²) < 4.78 is 1.66. The largest absolute Gasteiger partial charge is 0.292 e. The molecule has 0 spiro atoms. The Labute approximate surface area is 167 Å². The van der Waals surface area contributed by atoms with Crippen LogP contribution in [0.25, 0.3) is 33.3 Å². The molecule has 0 aliphatic rings. The standard InChI is InChI=1S/C22H19ClN4O/c1-4-27-21-17(12-25-14(3)26-21)10-19(22(27)28)18-6-5-15(11-20(18)23)16-7-8-24-13(2)9-16/h5-12H,4H2,1-3H3. The molecule has 4 rings (SSSR count). The van der Waals surface area contributed by atoms with Crippen LogP contribution in [0.4, 0.5) is 0 Å². The van der Waals surface area contributed by atoms with Gasteiger partial charge in [0.05, 0.1) is 0 Å². The number of hydrogen-bond acceptors (Lipinski definition) is 4. The van der Waals surface area contributed by atoms with Crippen molar-refractivity contribution in [2.75, 3.05) is 0 Å². The van der Waals surface area contributed by atoms with Gasteiger partial charge in [-0.3, -0.25) is 14.3 Å². The Morgan fingerprint density at radius 3 is 2.50 bits per heavy atom. The molecule has 0 aliphatic heterocycles. The van der Waals surface area contributed by atoms with Gasteiger partial charge in [0, 0.05) is 46.2 Å². The summed E-state index contributed by atoms with van der Waals surface area (Å²) in [5, 5.41) is 1.34. The lowest BCUT2D eigenvalue weighted by Gasteiger charge is -2.12. The van der Waals surface area contributed by atoms with Crippen LogP contribution in [0, 0.1) is 13.8 Å². The Kier molecular flexibility index (Phi) is 4.69. The summed E-state index contributed by atoms with van der Waals surface area (Å²) in [5.41, 5.74) is 4.74. The van der Waals surface area contributed by atoms with Crippen LogP contribution in [-0.4, -0.2) is 19.5 Å². The van der Waals surface area contributed by atoms with E-state index in [9.17, 15) is 4.79 Å². The first-order valence-electron chi connectivity index (χ1n) is 9.08. The first kappa shape index (κ1) is 18.3. The van der Waals surface area contributed by atoms with Crippen molar-refractivity contribution in [2.24, 2.45) is 0 Å². The maximum absolute atomic E-state index is 13.1. The summed E-state index contributed by atoms with van der Waals surface area (Å²) >= 11 is 6.60. The Bertz CT molecular complexity index is 1260. The normalized spacial score (nSPS) is 11.1. The lowest BCUT2D eigenvalue weighted by Crippen LogP contribution is -2.22. The maximum Gasteiger partial charge on any atom is 0.260 e. The molecule has 3 aromatic heterocycles. The van der Waals surface area contributed by atoms with Crippen LogP contribution in [0.15, 0.2) is 53.6 Å². The molecule has 0 amide bonds. The molecule has 0 unspecified atom stereocenters. The third-order valence-electron chi connectivity index (χ3n) is 4.75. The predicted octanol–water partition coefficient (Wildman–Crippen LogP) is 4.81. The molecule has 0 radical (unpaired) electrons. The molecular weight excluding hydrogens is 372 g/mol. The number of rotatable bonds is 3. The molecule has 1 aromatic carbocycles. The van der Waals surface area contributed by atoms with Gasteiger partial charge in [0.25, 0.3) is 5.56 Å². The van der Waals surface area contributed by atoms with Gasteiger partial charge in [-0.15, -0.1) is 0 Å². The zero-order valence-corrected chi connectivity index (χ0v) is 16.7. The summed E-state index contributed by atoms with van der Waals surface area (Å²) in [4.78, 5) is 26.0. The van der Waals surface area contributed by atoms with Crippen LogP contribution < -0.4 is 5.56 Å². The Balaban J connectivity index is 1.90. The molecule has 0 atom stereocenters. The highest BCUT2D eigenvalue weighted by Crippen LogP contribution is 2.32. The number of halogens is 1. The third-order valence-corrected chi connectivity index (χ3v) is 5.07. The minimum absolute atomic E-state index is 0.109. The second-order valence-corrected chi connectivity index (χ2v) is 7.09. The summed E-state index contributed by atoms with van der Waals surface area (Å²) in [6, 6.07) is 11.5. The van der Waals surface area contributed by atoms with E-state index in [-0.39, 0.29) is 5.56 Å². The summed E-state index contributed by atoms with van der Waals surface area (Å²) in [6.45, 7) is 6.21. The zero-order valence-electron chi connectivity index (χ0n) is 15.9. The van der Waals surface area contributed by atoms with E-state index in [1.807, 2.05) is 57.2 Å². The Hall–Kier alpha value is -3.05. The number of hydrogen-bond donors (Lipinski definition) is 0. The highest BCUT2D eigenvalue weighted by molar-refractivity contribution is 6.33. The second kappa shape index (κ2) is 7.17. The minimum atomic E-state index is -0.109. The van der Waals surface area contributed by atoms with Crippen LogP contribution in [0.3, 0.4) is 0 Å². The van der Waals surface area contributed by atoms with Crippen LogP contribution in [0.2, 0.25) is 5.02 Å². The van der Waals surface area contributed by atoms with E-state index in [2.05, 4.69) is 15.0 Å². The maximum atomic E-state index is 13.1. The van der Waals surface area contributed by atoms with Crippen molar-refractivity contribution in [1.82, 2.24) is 19.5 Å². The number of nitrogens with zero attached hydrogens (tertiary/aromatic N) is 4. The molecule has 3 heterocycles. The first-order chi connectivity index (χ1) is 13.5. The van der Waals surface area contributed by atoms with E-state index in [4.69, 9.17) is 11.6 Å². The average Bonchev–Trinajstić information content (AvgIpc) is 2.68. The van der Waals surface area contributed by atoms with Crippen LogP contribution in [0.5, 0.6) is 0 Å². The third kappa shape index (κ3) is 3.18. The molecular formula is C22H19ClN4O. The monoisotopic (exact) mass is 390 g/mol. The fourth-order valence-electron chi connectivity index (χ4n) is 3.37. The quantitative estimate of drug-likeness (QED) is 0.503. The van der Waals surface area contributed by atoms with Gasteiger partial charge in [0.1, 0.15) is 11.5 Å². The molecule has 0 bridgehead atoms. The van der Waals surface area contributed by atoms with Gasteiger partial charge in [-0.25, -0.2) is 9.97 Å². The van der Waals surface area contributed by atoms with Crippen molar-refractivity contribution in [1.29, 1.82) is 0 Å². The smallest absolute Gasteiger partial charge is 0.260 e. The van der Waals surface area contributed by atoms with Gasteiger partial charge in [-0.05, 0) is 56.2 Å². The van der Waals surface area contributed by atoms with Gasteiger partial charge in [-0.1, -0.05) is 23.7 Å². The van der Waals surface area contributed by atoms with Crippen molar-refractivity contribution in [2.45, 2.75) is 27.3 Å². The van der Waals surface area contributed by atoms with Crippen LogP contribution in [-0.2, 0) is 6.54 Å². The topological polar surface area (TPSA) is 60.7 Å². The highest BCUT2D eigenvalue weighted by atomic mass is 35.5. The highest BCUT2D eigenvalue weighted by Gasteiger charge is 2.15. The SMILES string of the molecule is CCn1c(=O)c(-c2ccc(-c3ccnc(C)c3)cc2Cl)cc2cnc(C)nc21. The number of aromatic nitrogens is 4. The lowest BCUT2D eigenvalue weighted by atomic mass is 10.0. The lowest BCUT2D eigenvalue weighted by molar-refractivity contribution is 0.748. The molecule has 5 nitrogen and oxygen atoms in total. The summed E-state index contributed by atoms with van der Waals surface area (Å²) in [5.74, 6) is 0.636. The second-order valence-electron chi connectivity index (χ2n) is 6.68. The van der Waals surface area contributed by atoms with E-state index < -0.39 is 0 Å². The molecule has 0 aliphatic carbocycles. The number of benzene rings is 1. The zero-order chi connectivity index (χ0) is 19.8. The molecule has 0 N–H and O–H groups in total. The Morgan fingerprint density at radius 2 is 1.79 bits per heavy atom. The number of pyridine rings is 2. The van der Waals surface area contributed by atoms with E-state index >= 15 is 0 Å². The van der Waals surface area contributed by atoms with Crippen molar-refractivity contribution >= 4 is 22.6 Å². The molecule has 28 heavy (non-hydrogen) atoms. The van der Waals surface area contributed by atoms with E-state index in [0.29, 0.717) is 34.2 Å². The van der Waals surface area contributed by atoms with Gasteiger partial charge in [0.15, 0.2) is 0 Å². The number of fused-ring (bicyclic) bond motifs is 1. The fraction of sp³-hybridized carbons (Fsp3) is 0.182. The predicted molar refractivity (Wildman–Crippen MR) is 113 cm³/mol. The van der Waals surface area contributed by atoms with E-state index in [1.165, 1.54) is 0 Å². The van der Waals surface area contributed by atoms with Crippen molar-refractivity contribution < 1.29 is 0 Å². The van der Waals surface area contributed by atoms with Crippen LogP contribution in [0.1, 0.15) is 18.4 Å². The van der Waals surface area contributed by atoms with Gasteiger partial charge in [-0.2, -0.15) is 0 Å². The summed E-state index contributed by atoms with van der Waals surface area (Å²) in [6.07, 6.45) is 3.52. The van der Waals surface area contributed by atoms with Gasteiger partial charge in [0.2, 0.25) is 0 Å². The fourth-order valence-corrected chi connectivity index (χ4v) is 3.65. The molecule has 6 heteroatoms. The minimum Gasteiger partial charge on any atom is -0.292 e. The molecule has 0 fully saturated rings. The van der Waals surface area contributed by atoms with E-state index in [0.717, 1.165) is 22.2 Å². The molecule has 4 aromatic rings. The van der Waals surface area contributed by atoms with Crippen molar-refractivity contribution in [3.05, 3.63) is 75.7 Å². The number of aryl methyl sites for hydroxylation is 3. The average molecular weight is 391 g/mol.